The SMILES string of the molecule is CCC1CN(Cc2cccc(C(=O)OC)c2)CCN1. The van der Waals surface area contributed by atoms with Crippen LogP contribution in [0.15, 0.2) is 24.3 Å². The van der Waals surface area contributed by atoms with E-state index in [0.717, 1.165) is 32.6 Å². The number of esters is 1. The molecule has 1 fully saturated rings. The van der Waals surface area contributed by atoms with Crippen molar-refractivity contribution in [3.05, 3.63) is 35.4 Å². The molecule has 1 aliphatic rings. The maximum absolute atomic E-state index is 11.5. The third-order valence-electron chi connectivity index (χ3n) is 3.59. The van der Waals surface area contributed by atoms with E-state index >= 15 is 0 Å². The minimum Gasteiger partial charge on any atom is -0.465 e. The summed E-state index contributed by atoms with van der Waals surface area (Å²) in [5.74, 6) is -0.270. The van der Waals surface area contributed by atoms with E-state index in [4.69, 9.17) is 4.74 Å². The van der Waals surface area contributed by atoms with E-state index in [0.29, 0.717) is 11.6 Å². The number of rotatable bonds is 4. The van der Waals surface area contributed by atoms with Gasteiger partial charge in [-0.05, 0) is 24.1 Å². The molecule has 0 radical (unpaired) electrons. The first-order chi connectivity index (χ1) is 9.22. The van der Waals surface area contributed by atoms with Gasteiger partial charge in [0.05, 0.1) is 12.7 Å². The molecule has 104 valence electrons. The molecule has 19 heavy (non-hydrogen) atoms. The summed E-state index contributed by atoms with van der Waals surface area (Å²) in [5, 5.41) is 3.51. The maximum Gasteiger partial charge on any atom is 0.337 e. The van der Waals surface area contributed by atoms with Crippen LogP contribution >= 0.6 is 0 Å². The fraction of sp³-hybridized carbons (Fsp3) is 0.533. The van der Waals surface area contributed by atoms with Crippen LogP contribution in [-0.2, 0) is 11.3 Å². The van der Waals surface area contributed by atoms with E-state index in [1.165, 1.54) is 12.7 Å². The normalized spacial score (nSPS) is 20.2. The number of carbonyl (C=O) groups is 1. The quantitative estimate of drug-likeness (QED) is 0.838. The molecule has 0 saturated carbocycles. The molecule has 0 bridgehead atoms. The molecule has 0 amide bonds. The Morgan fingerprint density at radius 3 is 3.11 bits per heavy atom. The van der Waals surface area contributed by atoms with Crippen LogP contribution < -0.4 is 5.32 Å². The second kappa shape index (κ2) is 6.68. The van der Waals surface area contributed by atoms with Gasteiger partial charge in [0.1, 0.15) is 0 Å². The number of piperazine rings is 1. The predicted octanol–water partition coefficient (Wildman–Crippen LogP) is 1.66. The molecule has 4 heteroatoms. The zero-order valence-electron chi connectivity index (χ0n) is 11.7. The first kappa shape index (κ1) is 14.0. The minimum atomic E-state index is -0.270. The Hall–Kier alpha value is -1.39. The summed E-state index contributed by atoms with van der Waals surface area (Å²) in [6, 6.07) is 8.28. The van der Waals surface area contributed by atoms with Crippen LogP contribution in [0.3, 0.4) is 0 Å². The van der Waals surface area contributed by atoms with E-state index in [9.17, 15) is 4.79 Å². The zero-order valence-corrected chi connectivity index (χ0v) is 11.7. The van der Waals surface area contributed by atoms with Gasteiger partial charge in [0.15, 0.2) is 0 Å². The van der Waals surface area contributed by atoms with E-state index in [1.54, 1.807) is 6.07 Å². The van der Waals surface area contributed by atoms with Gasteiger partial charge >= 0.3 is 5.97 Å². The number of ether oxygens (including phenoxy) is 1. The molecule has 1 aromatic carbocycles. The Balaban J connectivity index is 2.00. The predicted molar refractivity (Wildman–Crippen MR) is 75.1 cm³/mol. The average Bonchev–Trinajstić information content (AvgIpc) is 2.47. The summed E-state index contributed by atoms with van der Waals surface area (Å²) in [5.41, 5.74) is 1.79. The highest BCUT2D eigenvalue weighted by Gasteiger charge is 2.18. The van der Waals surface area contributed by atoms with Gasteiger partial charge in [-0.25, -0.2) is 4.79 Å². The zero-order chi connectivity index (χ0) is 13.7. The van der Waals surface area contributed by atoms with Crippen LogP contribution in [-0.4, -0.2) is 43.7 Å². The van der Waals surface area contributed by atoms with Crippen molar-refractivity contribution < 1.29 is 9.53 Å². The minimum absolute atomic E-state index is 0.270. The number of methoxy groups -OCH3 is 1. The van der Waals surface area contributed by atoms with E-state index in [1.807, 2.05) is 12.1 Å². The van der Waals surface area contributed by atoms with E-state index in [2.05, 4.69) is 23.2 Å². The first-order valence-electron chi connectivity index (χ1n) is 6.86. The van der Waals surface area contributed by atoms with Gasteiger partial charge in [-0.15, -0.1) is 0 Å². The van der Waals surface area contributed by atoms with Gasteiger partial charge < -0.3 is 10.1 Å². The lowest BCUT2D eigenvalue weighted by Crippen LogP contribution is -2.49. The van der Waals surface area contributed by atoms with Crippen LogP contribution in [0.25, 0.3) is 0 Å². The van der Waals surface area contributed by atoms with Crippen molar-refractivity contribution in [1.29, 1.82) is 0 Å². The number of hydrogen-bond acceptors (Lipinski definition) is 4. The largest absolute Gasteiger partial charge is 0.465 e. The molecule has 1 N–H and O–H groups in total. The average molecular weight is 262 g/mol. The van der Waals surface area contributed by atoms with Gasteiger partial charge in [-0.3, -0.25) is 4.90 Å². The van der Waals surface area contributed by atoms with Gasteiger partial charge in [-0.1, -0.05) is 19.1 Å². The maximum atomic E-state index is 11.5. The number of carbonyl (C=O) groups excluding carboxylic acids is 1. The molecule has 1 heterocycles. The standard InChI is InChI=1S/C15H22N2O2/c1-3-14-11-17(8-7-16-14)10-12-5-4-6-13(9-12)15(18)19-2/h4-6,9,14,16H,3,7-8,10-11H2,1-2H3. The number of hydrogen-bond donors (Lipinski definition) is 1. The Bertz CT molecular complexity index is 434. The Labute approximate surface area is 114 Å². The van der Waals surface area contributed by atoms with Gasteiger partial charge in [0, 0.05) is 32.2 Å². The fourth-order valence-electron chi connectivity index (χ4n) is 2.48. The molecule has 4 nitrogen and oxygen atoms in total. The lowest BCUT2D eigenvalue weighted by molar-refractivity contribution is 0.0600. The highest BCUT2D eigenvalue weighted by Crippen LogP contribution is 2.11. The molecule has 1 atom stereocenters. The Kier molecular flexibility index (Phi) is 4.93. The second-order valence-corrected chi connectivity index (χ2v) is 4.99. The second-order valence-electron chi connectivity index (χ2n) is 4.99. The molecular formula is C15H22N2O2. The molecule has 1 aliphatic heterocycles. The van der Waals surface area contributed by atoms with Crippen LogP contribution in [0, 0.1) is 0 Å². The van der Waals surface area contributed by atoms with E-state index < -0.39 is 0 Å². The highest BCUT2D eigenvalue weighted by molar-refractivity contribution is 5.89. The Morgan fingerprint density at radius 1 is 1.53 bits per heavy atom. The lowest BCUT2D eigenvalue weighted by Gasteiger charge is -2.33. The number of nitrogens with one attached hydrogen (secondary N) is 1. The van der Waals surface area contributed by atoms with E-state index in [-0.39, 0.29) is 5.97 Å². The van der Waals surface area contributed by atoms with Gasteiger partial charge in [-0.2, -0.15) is 0 Å². The van der Waals surface area contributed by atoms with Crippen LogP contribution in [0.1, 0.15) is 29.3 Å². The molecule has 2 rings (SSSR count). The summed E-state index contributed by atoms with van der Waals surface area (Å²) in [7, 11) is 1.41. The number of benzene rings is 1. The van der Waals surface area contributed by atoms with Crippen molar-refractivity contribution in [2.75, 3.05) is 26.7 Å². The van der Waals surface area contributed by atoms with Gasteiger partial charge in [0.25, 0.3) is 0 Å². The fourth-order valence-corrected chi connectivity index (χ4v) is 2.48. The smallest absolute Gasteiger partial charge is 0.337 e. The van der Waals surface area contributed by atoms with Crippen molar-refractivity contribution in [3.63, 3.8) is 0 Å². The Morgan fingerprint density at radius 2 is 2.37 bits per heavy atom. The summed E-state index contributed by atoms with van der Waals surface area (Å²) >= 11 is 0. The molecule has 0 aliphatic carbocycles. The lowest BCUT2D eigenvalue weighted by atomic mass is 10.1. The number of nitrogens with zero attached hydrogens (tertiary/aromatic N) is 1. The summed E-state index contributed by atoms with van der Waals surface area (Å²) in [4.78, 5) is 13.9. The highest BCUT2D eigenvalue weighted by atomic mass is 16.5. The van der Waals surface area contributed by atoms with Gasteiger partial charge in [0.2, 0.25) is 0 Å². The summed E-state index contributed by atoms with van der Waals surface area (Å²) in [6.07, 6.45) is 1.15. The molecule has 0 spiro atoms. The summed E-state index contributed by atoms with van der Waals surface area (Å²) in [6.45, 7) is 6.26. The van der Waals surface area contributed by atoms with Crippen LogP contribution in [0.4, 0.5) is 0 Å². The van der Waals surface area contributed by atoms with Crippen molar-refractivity contribution in [1.82, 2.24) is 10.2 Å². The molecule has 1 unspecified atom stereocenters. The van der Waals surface area contributed by atoms with Crippen molar-refractivity contribution in [3.8, 4) is 0 Å². The van der Waals surface area contributed by atoms with Crippen molar-refractivity contribution >= 4 is 5.97 Å². The molecule has 0 aromatic heterocycles. The molecule has 1 aromatic rings. The third-order valence-corrected chi connectivity index (χ3v) is 3.59. The van der Waals surface area contributed by atoms with Crippen molar-refractivity contribution in [2.24, 2.45) is 0 Å². The van der Waals surface area contributed by atoms with Crippen LogP contribution in [0.5, 0.6) is 0 Å². The first-order valence-corrected chi connectivity index (χ1v) is 6.86. The molecular weight excluding hydrogens is 240 g/mol. The van der Waals surface area contributed by atoms with Crippen LogP contribution in [0.2, 0.25) is 0 Å². The van der Waals surface area contributed by atoms with Crippen molar-refractivity contribution in [2.45, 2.75) is 25.9 Å². The molecule has 1 saturated heterocycles. The third kappa shape index (κ3) is 3.78. The monoisotopic (exact) mass is 262 g/mol. The summed E-state index contributed by atoms with van der Waals surface area (Å²) < 4.78 is 4.75. The topological polar surface area (TPSA) is 41.6 Å².